The van der Waals surface area contributed by atoms with Crippen LogP contribution in [0.25, 0.3) is 10.6 Å². The Balaban J connectivity index is 1.61. The second-order valence-corrected chi connectivity index (χ2v) is 6.00. The van der Waals surface area contributed by atoms with E-state index in [4.69, 9.17) is 0 Å². The first kappa shape index (κ1) is 16.3. The van der Waals surface area contributed by atoms with Gasteiger partial charge in [-0.15, -0.1) is 11.3 Å². The average molecular weight is 348 g/mol. The maximum atomic E-state index is 13.5. The SMILES string of the molecule is Cn1cc(-c2nc(C(=O)NCCc3c(F)cccc3F)cs2)cn1. The van der Waals surface area contributed by atoms with Gasteiger partial charge in [0.05, 0.1) is 6.20 Å². The van der Waals surface area contributed by atoms with Crippen molar-refractivity contribution in [3.8, 4) is 10.6 Å². The summed E-state index contributed by atoms with van der Waals surface area (Å²) in [6.45, 7) is 0.121. The van der Waals surface area contributed by atoms with Crippen LogP contribution in [0.2, 0.25) is 0 Å². The van der Waals surface area contributed by atoms with Crippen molar-refractivity contribution >= 4 is 17.2 Å². The zero-order valence-corrected chi connectivity index (χ0v) is 13.6. The van der Waals surface area contributed by atoms with E-state index in [1.54, 1.807) is 23.3 Å². The van der Waals surface area contributed by atoms with E-state index in [0.29, 0.717) is 5.01 Å². The summed E-state index contributed by atoms with van der Waals surface area (Å²) in [5.41, 5.74) is 1.06. The minimum Gasteiger partial charge on any atom is -0.350 e. The standard InChI is InChI=1S/C16H14F2N4OS/c1-22-8-10(7-20-22)16-21-14(9-24-16)15(23)19-6-5-11-12(17)3-2-4-13(11)18/h2-4,7-9H,5-6H2,1H3,(H,19,23). The van der Waals surface area contributed by atoms with Crippen molar-refractivity contribution in [3.63, 3.8) is 0 Å². The van der Waals surface area contributed by atoms with Crippen LogP contribution in [0.1, 0.15) is 16.1 Å². The highest BCUT2D eigenvalue weighted by molar-refractivity contribution is 7.13. The lowest BCUT2D eigenvalue weighted by Gasteiger charge is -2.06. The van der Waals surface area contributed by atoms with Crippen molar-refractivity contribution in [1.29, 1.82) is 0 Å². The molecule has 0 bridgehead atoms. The van der Waals surface area contributed by atoms with E-state index in [2.05, 4.69) is 15.4 Å². The molecule has 24 heavy (non-hydrogen) atoms. The van der Waals surface area contributed by atoms with Crippen LogP contribution in [0.15, 0.2) is 36.0 Å². The molecule has 124 valence electrons. The number of carbonyl (C=O) groups is 1. The second kappa shape index (κ2) is 6.88. The number of halogens is 2. The van der Waals surface area contributed by atoms with Crippen LogP contribution in [0, 0.1) is 11.6 Å². The molecule has 1 N–H and O–H groups in total. The van der Waals surface area contributed by atoms with Crippen molar-refractivity contribution in [2.45, 2.75) is 6.42 Å². The molecule has 1 amide bonds. The molecule has 3 rings (SSSR count). The van der Waals surface area contributed by atoms with Crippen LogP contribution >= 0.6 is 11.3 Å². The van der Waals surface area contributed by atoms with Gasteiger partial charge in [-0.2, -0.15) is 5.10 Å². The molecular weight excluding hydrogens is 334 g/mol. The third-order valence-corrected chi connectivity index (χ3v) is 4.30. The predicted octanol–water partition coefficient (Wildman–Crippen LogP) is 2.79. The van der Waals surface area contributed by atoms with Crippen molar-refractivity contribution < 1.29 is 13.6 Å². The van der Waals surface area contributed by atoms with Crippen molar-refractivity contribution in [3.05, 3.63) is 58.9 Å². The number of aryl methyl sites for hydroxylation is 1. The largest absolute Gasteiger partial charge is 0.350 e. The van der Waals surface area contributed by atoms with E-state index in [0.717, 1.165) is 5.56 Å². The Kier molecular flexibility index (Phi) is 4.66. The Morgan fingerprint density at radius 2 is 2.08 bits per heavy atom. The van der Waals surface area contributed by atoms with E-state index < -0.39 is 11.6 Å². The molecule has 0 aliphatic carbocycles. The van der Waals surface area contributed by atoms with Crippen molar-refractivity contribution in [1.82, 2.24) is 20.1 Å². The van der Waals surface area contributed by atoms with E-state index >= 15 is 0 Å². The van der Waals surface area contributed by atoms with Gasteiger partial charge in [-0.05, 0) is 18.6 Å². The summed E-state index contributed by atoms with van der Waals surface area (Å²) < 4.78 is 28.7. The highest BCUT2D eigenvalue weighted by atomic mass is 32.1. The zero-order valence-electron chi connectivity index (χ0n) is 12.8. The highest BCUT2D eigenvalue weighted by Gasteiger charge is 2.13. The first-order valence-corrected chi connectivity index (χ1v) is 8.08. The van der Waals surface area contributed by atoms with Crippen LogP contribution in [0.5, 0.6) is 0 Å². The molecule has 0 saturated heterocycles. The number of nitrogens with one attached hydrogen (secondary N) is 1. The van der Waals surface area contributed by atoms with Gasteiger partial charge in [0.2, 0.25) is 0 Å². The molecule has 0 atom stereocenters. The fourth-order valence-corrected chi connectivity index (χ4v) is 2.98. The molecule has 8 heteroatoms. The van der Waals surface area contributed by atoms with Crippen molar-refractivity contribution in [2.24, 2.45) is 7.05 Å². The van der Waals surface area contributed by atoms with Gasteiger partial charge < -0.3 is 5.32 Å². The lowest BCUT2D eigenvalue weighted by Crippen LogP contribution is -2.26. The minimum absolute atomic E-state index is 0.0351. The molecule has 0 radical (unpaired) electrons. The first-order valence-electron chi connectivity index (χ1n) is 7.20. The Morgan fingerprint density at radius 1 is 1.33 bits per heavy atom. The van der Waals surface area contributed by atoms with Gasteiger partial charge in [-0.25, -0.2) is 13.8 Å². The van der Waals surface area contributed by atoms with Gasteiger partial charge >= 0.3 is 0 Å². The van der Waals surface area contributed by atoms with Gasteiger partial charge in [0.15, 0.2) is 0 Å². The third-order valence-electron chi connectivity index (χ3n) is 3.41. The summed E-state index contributed by atoms with van der Waals surface area (Å²) in [6.07, 6.45) is 3.55. The van der Waals surface area contributed by atoms with Gasteiger partial charge in [0, 0.05) is 36.3 Å². The fourth-order valence-electron chi connectivity index (χ4n) is 2.21. The number of aromatic nitrogens is 3. The van der Waals surface area contributed by atoms with Crippen LogP contribution in [0.4, 0.5) is 8.78 Å². The molecule has 5 nitrogen and oxygen atoms in total. The quantitative estimate of drug-likeness (QED) is 0.771. The molecule has 0 unspecified atom stereocenters. The number of rotatable bonds is 5. The maximum absolute atomic E-state index is 13.5. The molecule has 0 fully saturated rings. The smallest absolute Gasteiger partial charge is 0.270 e. The van der Waals surface area contributed by atoms with Gasteiger partial charge in [0.25, 0.3) is 5.91 Å². The summed E-state index contributed by atoms with van der Waals surface area (Å²) in [5.74, 6) is -1.60. The second-order valence-electron chi connectivity index (χ2n) is 5.15. The summed E-state index contributed by atoms with van der Waals surface area (Å²) in [6, 6.07) is 3.70. The van der Waals surface area contributed by atoms with E-state index in [-0.39, 0.29) is 30.1 Å². The number of nitrogens with zero attached hydrogens (tertiary/aromatic N) is 3. The van der Waals surface area contributed by atoms with Crippen LogP contribution in [0.3, 0.4) is 0 Å². The lowest BCUT2D eigenvalue weighted by atomic mass is 10.1. The molecule has 2 heterocycles. The number of thiazole rings is 1. The monoisotopic (exact) mass is 348 g/mol. The first-order chi connectivity index (χ1) is 11.5. The number of hydrogen-bond acceptors (Lipinski definition) is 4. The lowest BCUT2D eigenvalue weighted by molar-refractivity contribution is 0.0949. The van der Waals surface area contributed by atoms with E-state index in [1.807, 2.05) is 6.20 Å². The molecule has 0 saturated carbocycles. The molecule has 3 aromatic rings. The molecule has 0 aliphatic rings. The predicted molar refractivity (Wildman–Crippen MR) is 86.7 cm³/mol. The Bertz CT molecular complexity index is 854. The molecule has 1 aromatic carbocycles. The Labute approximate surface area is 141 Å². The van der Waals surface area contributed by atoms with Gasteiger partial charge in [-0.1, -0.05) is 6.07 Å². The fraction of sp³-hybridized carbons (Fsp3) is 0.188. The highest BCUT2D eigenvalue weighted by Crippen LogP contribution is 2.22. The molecule has 0 spiro atoms. The summed E-state index contributed by atoms with van der Waals surface area (Å²) in [7, 11) is 1.80. The Hall–Kier alpha value is -2.61. The minimum atomic E-state index is -0.614. The van der Waals surface area contributed by atoms with Gasteiger partial charge in [-0.3, -0.25) is 9.48 Å². The summed E-state index contributed by atoms with van der Waals surface area (Å²) in [4.78, 5) is 16.3. The van der Waals surface area contributed by atoms with E-state index in [9.17, 15) is 13.6 Å². The maximum Gasteiger partial charge on any atom is 0.270 e. The number of benzene rings is 1. The number of carbonyl (C=O) groups excluding carboxylic acids is 1. The number of hydrogen-bond donors (Lipinski definition) is 1. The molecular formula is C16H14F2N4OS. The normalized spacial score (nSPS) is 10.8. The Morgan fingerprint density at radius 3 is 2.75 bits per heavy atom. The van der Waals surface area contributed by atoms with E-state index in [1.165, 1.54) is 29.5 Å². The third kappa shape index (κ3) is 3.48. The van der Waals surface area contributed by atoms with Crippen molar-refractivity contribution in [2.75, 3.05) is 6.54 Å². The average Bonchev–Trinajstić information content (AvgIpc) is 3.19. The molecule has 0 aliphatic heterocycles. The topological polar surface area (TPSA) is 59.8 Å². The zero-order chi connectivity index (χ0) is 17.1. The van der Waals surface area contributed by atoms with Crippen LogP contribution < -0.4 is 5.32 Å². The number of amides is 1. The van der Waals surface area contributed by atoms with Crippen LogP contribution in [-0.4, -0.2) is 27.2 Å². The summed E-state index contributed by atoms with van der Waals surface area (Å²) >= 11 is 1.33. The van der Waals surface area contributed by atoms with Crippen LogP contribution in [-0.2, 0) is 13.5 Å². The molecule has 2 aromatic heterocycles. The van der Waals surface area contributed by atoms with Gasteiger partial charge in [0.1, 0.15) is 22.3 Å². The summed E-state index contributed by atoms with van der Waals surface area (Å²) in [5, 5.41) is 9.01.